The van der Waals surface area contributed by atoms with Crippen molar-refractivity contribution >= 4 is 29.1 Å². The molecule has 1 rings (SSSR count). The largest absolute Gasteiger partial charge is 0.440 e. The van der Waals surface area contributed by atoms with Gasteiger partial charge in [-0.25, -0.2) is 0 Å². The molecule has 72 valence electrons. The molecule has 0 saturated carbocycles. The summed E-state index contributed by atoms with van der Waals surface area (Å²) in [6.45, 7) is 1.80. The normalized spacial score (nSPS) is 12.5. The molecule has 13 heavy (non-hydrogen) atoms. The standard InChI is InChI=1S/C8H9Cl2NO2/c1-5(4-9)11-8(12)6-2-3-7(10)13-6/h2-3,5H,4H2,1H3,(H,11,12). The third-order valence-corrected chi connectivity index (χ3v) is 2.07. The van der Waals surface area contributed by atoms with Gasteiger partial charge in [0.05, 0.1) is 0 Å². The first kappa shape index (κ1) is 10.4. The van der Waals surface area contributed by atoms with Crippen LogP contribution in [0.2, 0.25) is 5.22 Å². The molecule has 0 fully saturated rings. The zero-order chi connectivity index (χ0) is 9.84. The smallest absolute Gasteiger partial charge is 0.287 e. The van der Waals surface area contributed by atoms with Crippen molar-refractivity contribution in [1.82, 2.24) is 5.32 Å². The Labute approximate surface area is 86.0 Å². The van der Waals surface area contributed by atoms with Crippen LogP contribution in [0.15, 0.2) is 16.5 Å². The minimum atomic E-state index is -0.306. The first-order valence-corrected chi connectivity index (χ1v) is 4.67. The number of rotatable bonds is 3. The maximum atomic E-state index is 11.3. The molecule has 1 atom stereocenters. The summed E-state index contributed by atoms with van der Waals surface area (Å²) in [6.07, 6.45) is 0. The number of alkyl halides is 1. The second-order valence-electron chi connectivity index (χ2n) is 2.63. The van der Waals surface area contributed by atoms with Crippen molar-refractivity contribution in [1.29, 1.82) is 0 Å². The lowest BCUT2D eigenvalue weighted by atomic mass is 10.3. The third kappa shape index (κ3) is 2.94. The van der Waals surface area contributed by atoms with Crippen molar-refractivity contribution in [2.24, 2.45) is 0 Å². The topological polar surface area (TPSA) is 42.2 Å². The van der Waals surface area contributed by atoms with Gasteiger partial charge in [0.1, 0.15) is 0 Å². The molecule has 1 amide bonds. The van der Waals surface area contributed by atoms with Crippen molar-refractivity contribution in [3.05, 3.63) is 23.1 Å². The van der Waals surface area contributed by atoms with Crippen LogP contribution in [-0.4, -0.2) is 17.8 Å². The lowest BCUT2D eigenvalue weighted by Gasteiger charge is -2.07. The molecular weight excluding hydrogens is 213 g/mol. The highest BCUT2D eigenvalue weighted by Gasteiger charge is 2.12. The van der Waals surface area contributed by atoms with Gasteiger partial charge in [-0.1, -0.05) is 0 Å². The average molecular weight is 222 g/mol. The number of amides is 1. The second kappa shape index (κ2) is 4.53. The first-order valence-electron chi connectivity index (χ1n) is 3.75. The summed E-state index contributed by atoms with van der Waals surface area (Å²) in [4.78, 5) is 11.3. The number of hydrogen-bond acceptors (Lipinski definition) is 2. The Balaban J connectivity index is 2.58. The van der Waals surface area contributed by atoms with Crippen molar-refractivity contribution in [3.63, 3.8) is 0 Å². The van der Waals surface area contributed by atoms with Gasteiger partial charge in [-0.15, -0.1) is 11.6 Å². The third-order valence-electron chi connectivity index (χ3n) is 1.41. The minimum absolute atomic E-state index is 0.0851. The van der Waals surface area contributed by atoms with Crippen LogP contribution in [0.1, 0.15) is 17.5 Å². The zero-order valence-corrected chi connectivity index (χ0v) is 8.52. The predicted octanol–water partition coefficient (Wildman–Crippen LogP) is 2.29. The van der Waals surface area contributed by atoms with E-state index >= 15 is 0 Å². The van der Waals surface area contributed by atoms with E-state index in [2.05, 4.69) is 5.32 Å². The molecule has 3 nitrogen and oxygen atoms in total. The van der Waals surface area contributed by atoms with Crippen LogP contribution in [-0.2, 0) is 0 Å². The van der Waals surface area contributed by atoms with Gasteiger partial charge in [-0.05, 0) is 30.7 Å². The maximum absolute atomic E-state index is 11.3. The minimum Gasteiger partial charge on any atom is -0.440 e. The Hall–Kier alpha value is -0.670. The lowest BCUT2D eigenvalue weighted by Crippen LogP contribution is -2.33. The van der Waals surface area contributed by atoms with E-state index in [-0.39, 0.29) is 22.9 Å². The van der Waals surface area contributed by atoms with Crippen molar-refractivity contribution < 1.29 is 9.21 Å². The molecule has 1 unspecified atom stereocenters. The number of furan rings is 1. The van der Waals surface area contributed by atoms with Crippen LogP contribution < -0.4 is 5.32 Å². The summed E-state index contributed by atoms with van der Waals surface area (Å²) in [5, 5.41) is 2.83. The van der Waals surface area contributed by atoms with Gasteiger partial charge in [0, 0.05) is 11.9 Å². The highest BCUT2D eigenvalue weighted by molar-refractivity contribution is 6.29. The fraction of sp³-hybridized carbons (Fsp3) is 0.375. The zero-order valence-electron chi connectivity index (χ0n) is 7.01. The Bertz CT molecular complexity index is 298. The first-order chi connectivity index (χ1) is 6.13. The summed E-state index contributed by atoms with van der Waals surface area (Å²) in [7, 11) is 0. The van der Waals surface area contributed by atoms with Crippen LogP contribution in [0, 0.1) is 0 Å². The van der Waals surface area contributed by atoms with Gasteiger partial charge >= 0.3 is 0 Å². The summed E-state index contributed by atoms with van der Waals surface area (Å²) >= 11 is 11.0. The maximum Gasteiger partial charge on any atom is 0.287 e. The van der Waals surface area contributed by atoms with Gasteiger partial charge in [0.15, 0.2) is 11.0 Å². The van der Waals surface area contributed by atoms with E-state index in [1.165, 1.54) is 12.1 Å². The van der Waals surface area contributed by atoms with Crippen LogP contribution in [0.5, 0.6) is 0 Å². The van der Waals surface area contributed by atoms with E-state index in [1.54, 1.807) is 6.92 Å². The van der Waals surface area contributed by atoms with Gasteiger partial charge in [-0.3, -0.25) is 4.79 Å². The summed E-state index contributed by atoms with van der Waals surface area (Å²) in [5.74, 6) is 0.252. The van der Waals surface area contributed by atoms with Crippen molar-refractivity contribution in [2.75, 3.05) is 5.88 Å². The summed E-state index contributed by atoms with van der Waals surface area (Å²) in [5.41, 5.74) is 0. The van der Waals surface area contributed by atoms with Gasteiger partial charge in [0.25, 0.3) is 5.91 Å². The fourth-order valence-electron chi connectivity index (χ4n) is 0.770. The number of halogens is 2. The molecule has 1 N–H and O–H groups in total. The van der Waals surface area contributed by atoms with Crippen LogP contribution in [0.25, 0.3) is 0 Å². The molecule has 0 aliphatic carbocycles. The van der Waals surface area contributed by atoms with Crippen LogP contribution in [0.4, 0.5) is 0 Å². The molecule has 0 spiro atoms. The number of carbonyl (C=O) groups is 1. The van der Waals surface area contributed by atoms with E-state index in [4.69, 9.17) is 27.6 Å². The molecule has 1 aromatic heterocycles. The monoisotopic (exact) mass is 221 g/mol. The molecule has 0 aliphatic heterocycles. The van der Waals surface area contributed by atoms with E-state index in [0.717, 1.165) is 0 Å². The molecule has 0 bridgehead atoms. The second-order valence-corrected chi connectivity index (χ2v) is 3.31. The SMILES string of the molecule is CC(CCl)NC(=O)c1ccc(Cl)o1. The van der Waals surface area contributed by atoms with Crippen LogP contribution >= 0.6 is 23.2 Å². The molecule has 0 aliphatic rings. The Kier molecular flexibility index (Phi) is 3.63. The van der Waals surface area contributed by atoms with E-state index in [9.17, 15) is 4.79 Å². The van der Waals surface area contributed by atoms with Crippen molar-refractivity contribution in [3.8, 4) is 0 Å². The van der Waals surface area contributed by atoms with Gasteiger partial charge in [0.2, 0.25) is 0 Å². The number of hydrogen-bond donors (Lipinski definition) is 1. The molecule has 0 radical (unpaired) electrons. The Morgan fingerprint density at radius 2 is 2.38 bits per heavy atom. The molecular formula is C8H9Cl2NO2. The lowest BCUT2D eigenvalue weighted by molar-refractivity contribution is 0.0915. The molecule has 5 heteroatoms. The molecule has 0 saturated heterocycles. The number of nitrogens with one attached hydrogen (secondary N) is 1. The molecule has 1 aromatic rings. The summed E-state index contributed by atoms with van der Waals surface area (Å²) in [6, 6.07) is 2.94. The van der Waals surface area contributed by atoms with Crippen molar-refractivity contribution in [2.45, 2.75) is 13.0 Å². The molecule has 0 aromatic carbocycles. The van der Waals surface area contributed by atoms with E-state index < -0.39 is 0 Å². The molecule has 1 heterocycles. The average Bonchev–Trinajstić information content (AvgIpc) is 2.51. The van der Waals surface area contributed by atoms with Crippen LogP contribution in [0.3, 0.4) is 0 Å². The van der Waals surface area contributed by atoms with E-state index in [0.29, 0.717) is 5.88 Å². The Morgan fingerprint density at radius 3 is 2.85 bits per heavy atom. The predicted molar refractivity (Wildman–Crippen MR) is 51.4 cm³/mol. The highest BCUT2D eigenvalue weighted by atomic mass is 35.5. The van der Waals surface area contributed by atoms with Gasteiger partial charge in [-0.2, -0.15) is 0 Å². The summed E-state index contributed by atoms with van der Waals surface area (Å²) < 4.78 is 4.90. The fourth-order valence-corrected chi connectivity index (χ4v) is 0.993. The van der Waals surface area contributed by atoms with E-state index in [1.807, 2.05) is 0 Å². The van der Waals surface area contributed by atoms with Gasteiger partial charge < -0.3 is 9.73 Å². The Morgan fingerprint density at radius 1 is 1.69 bits per heavy atom. The number of carbonyl (C=O) groups excluding carboxylic acids is 1. The quantitative estimate of drug-likeness (QED) is 0.797. The highest BCUT2D eigenvalue weighted by Crippen LogP contribution is 2.12.